The lowest BCUT2D eigenvalue weighted by molar-refractivity contribution is -0.137. The highest BCUT2D eigenvalue weighted by Gasteiger charge is 2.19. The molecule has 3 rings (SSSR count). The number of anilines is 1. The Morgan fingerprint density at radius 2 is 1.77 bits per heavy atom. The van der Waals surface area contributed by atoms with E-state index in [1.807, 2.05) is 0 Å². The number of carbonyl (C=O) groups is 2. The number of carbonyl (C=O) groups excluding carboxylic acids is 2. The molecule has 0 aliphatic rings. The Kier molecular flexibility index (Phi) is 6.41. The van der Waals surface area contributed by atoms with Crippen LogP contribution in [0.4, 0.5) is 10.1 Å². The van der Waals surface area contributed by atoms with Gasteiger partial charge in [0.05, 0.1) is 29.2 Å². The number of benzene rings is 2. The van der Waals surface area contributed by atoms with Gasteiger partial charge in [0.15, 0.2) is 0 Å². The average molecular weight is 407 g/mol. The van der Waals surface area contributed by atoms with E-state index in [0.29, 0.717) is 34.9 Å². The first-order valence-electron chi connectivity index (χ1n) is 9.47. The van der Waals surface area contributed by atoms with Gasteiger partial charge < -0.3 is 10.1 Å². The summed E-state index contributed by atoms with van der Waals surface area (Å²) in [7, 11) is 0. The van der Waals surface area contributed by atoms with Crippen LogP contribution in [0.1, 0.15) is 34.2 Å². The van der Waals surface area contributed by atoms with Gasteiger partial charge in [0, 0.05) is 11.8 Å². The molecule has 1 N–H and O–H groups in total. The third kappa shape index (κ3) is 4.81. The van der Waals surface area contributed by atoms with Crippen LogP contribution in [0.2, 0.25) is 0 Å². The summed E-state index contributed by atoms with van der Waals surface area (Å²) in [5.74, 6) is -1.02. The molecule has 7 heteroatoms. The summed E-state index contributed by atoms with van der Waals surface area (Å²) < 4.78 is 19.6. The van der Waals surface area contributed by atoms with E-state index in [0.717, 1.165) is 5.56 Å². The van der Waals surface area contributed by atoms with Gasteiger partial charge in [-0.2, -0.15) is 5.10 Å². The third-order valence-electron chi connectivity index (χ3n) is 4.46. The van der Waals surface area contributed by atoms with Crippen LogP contribution in [0.15, 0.2) is 54.6 Å². The summed E-state index contributed by atoms with van der Waals surface area (Å²) in [5.41, 5.74) is 3.78. The maximum atomic E-state index is 13.2. The van der Waals surface area contributed by atoms with Crippen LogP contribution in [-0.2, 0) is 9.53 Å². The molecule has 0 aliphatic heterocycles. The molecule has 0 atom stereocenters. The van der Waals surface area contributed by atoms with E-state index in [-0.39, 0.29) is 11.7 Å². The number of esters is 1. The Hall–Kier alpha value is -3.74. The van der Waals surface area contributed by atoms with Crippen molar-refractivity contribution in [2.24, 2.45) is 0 Å². The predicted octanol–water partition coefficient (Wildman–Crippen LogP) is 4.46. The fourth-order valence-corrected chi connectivity index (χ4v) is 3.03. The van der Waals surface area contributed by atoms with Gasteiger partial charge >= 0.3 is 5.97 Å². The van der Waals surface area contributed by atoms with Crippen LogP contribution in [0.5, 0.6) is 0 Å². The molecule has 0 saturated carbocycles. The Bertz CT molecular complexity index is 1080. The molecule has 2 aromatic carbocycles. The molecule has 0 aliphatic carbocycles. The molecule has 0 unspecified atom stereocenters. The maximum Gasteiger partial charge on any atom is 0.330 e. The first-order chi connectivity index (χ1) is 14.4. The molecule has 154 valence electrons. The SMILES string of the molecule is CCOC(=O)/C=C/c1ccc(NC(=O)c2c(C)nn(-c3ccc(F)cc3)c2C)cc1. The molecule has 3 aromatic rings. The molecule has 1 amide bonds. The minimum absolute atomic E-state index is 0.284. The Labute approximate surface area is 174 Å². The molecule has 6 nitrogen and oxygen atoms in total. The van der Waals surface area contributed by atoms with Gasteiger partial charge in [-0.15, -0.1) is 0 Å². The lowest BCUT2D eigenvalue weighted by atomic mass is 10.1. The summed E-state index contributed by atoms with van der Waals surface area (Å²) >= 11 is 0. The van der Waals surface area contributed by atoms with Crippen molar-refractivity contribution in [1.29, 1.82) is 0 Å². The molecule has 1 aromatic heterocycles. The molecule has 30 heavy (non-hydrogen) atoms. The first kappa shape index (κ1) is 21.0. The lowest BCUT2D eigenvalue weighted by Crippen LogP contribution is -2.14. The van der Waals surface area contributed by atoms with Gasteiger partial charge in [0.25, 0.3) is 5.91 Å². The van der Waals surface area contributed by atoms with Gasteiger partial charge in [0.1, 0.15) is 5.82 Å². The van der Waals surface area contributed by atoms with E-state index in [4.69, 9.17) is 4.74 Å². The zero-order chi connectivity index (χ0) is 21.7. The van der Waals surface area contributed by atoms with Crippen molar-refractivity contribution in [3.63, 3.8) is 0 Å². The number of aryl methyl sites for hydroxylation is 1. The van der Waals surface area contributed by atoms with Crippen molar-refractivity contribution >= 4 is 23.6 Å². The average Bonchev–Trinajstić information content (AvgIpc) is 3.02. The lowest BCUT2D eigenvalue weighted by Gasteiger charge is -2.07. The van der Waals surface area contributed by atoms with Gasteiger partial charge in [-0.1, -0.05) is 12.1 Å². The second-order valence-corrected chi connectivity index (χ2v) is 6.60. The van der Waals surface area contributed by atoms with Crippen LogP contribution >= 0.6 is 0 Å². The number of halogens is 1. The zero-order valence-electron chi connectivity index (χ0n) is 17.0. The summed E-state index contributed by atoms with van der Waals surface area (Å²) in [6, 6.07) is 13.0. The highest BCUT2D eigenvalue weighted by molar-refractivity contribution is 6.06. The Balaban J connectivity index is 1.75. The van der Waals surface area contributed by atoms with Gasteiger partial charge in [-0.3, -0.25) is 4.79 Å². The van der Waals surface area contributed by atoms with Crippen molar-refractivity contribution in [2.45, 2.75) is 20.8 Å². The topological polar surface area (TPSA) is 73.2 Å². The van der Waals surface area contributed by atoms with Crippen molar-refractivity contribution < 1.29 is 18.7 Å². The quantitative estimate of drug-likeness (QED) is 0.484. The standard InChI is InChI=1S/C23H22FN3O3/c1-4-30-21(28)14-7-17-5-10-19(11-6-17)25-23(29)22-15(2)26-27(16(22)3)20-12-8-18(24)9-13-20/h5-14H,4H2,1-3H3,(H,25,29)/b14-7+. The van der Waals surface area contributed by atoms with Crippen LogP contribution in [0, 0.1) is 19.7 Å². The number of aromatic nitrogens is 2. The first-order valence-corrected chi connectivity index (χ1v) is 9.47. The smallest absolute Gasteiger partial charge is 0.330 e. The maximum absolute atomic E-state index is 13.2. The highest BCUT2D eigenvalue weighted by Crippen LogP contribution is 2.20. The normalized spacial score (nSPS) is 10.9. The van der Waals surface area contributed by atoms with E-state index < -0.39 is 5.97 Å². The molecule has 1 heterocycles. The van der Waals surface area contributed by atoms with E-state index in [1.165, 1.54) is 18.2 Å². The van der Waals surface area contributed by atoms with Crippen molar-refractivity contribution in [3.8, 4) is 5.69 Å². The number of ether oxygens (including phenoxy) is 1. The van der Waals surface area contributed by atoms with Crippen LogP contribution in [-0.4, -0.2) is 28.3 Å². The molecular weight excluding hydrogens is 385 g/mol. The summed E-state index contributed by atoms with van der Waals surface area (Å²) in [6.07, 6.45) is 3.00. The van der Waals surface area contributed by atoms with Crippen molar-refractivity contribution in [2.75, 3.05) is 11.9 Å². The Morgan fingerprint density at radius 3 is 2.40 bits per heavy atom. The zero-order valence-corrected chi connectivity index (χ0v) is 17.0. The van der Waals surface area contributed by atoms with Crippen molar-refractivity contribution in [1.82, 2.24) is 9.78 Å². The van der Waals surface area contributed by atoms with Gasteiger partial charge in [-0.25, -0.2) is 13.9 Å². The molecule has 0 fully saturated rings. The van der Waals surface area contributed by atoms with E-state index in [2.05, 4.69) is 10.4 Å². The van der Waals surface area contributed by atoms with Gasteiger partial charge in [0.2, 0.25) is 0 Å². The minimum Gasteiger partial charge on any atom is -0.463 e. The summed E-state index contributed by atoms with van der Waals surface area (Å²) in [4.78, 5) is 24.2. The second kappa shape index (κ2) is 9.17. The van der Waals surface area contributed by atoms with E-state index >= 15 is 0 Å². The Morgan fingerprint density at radius 1 is 1.10 bits per heavy atom. The van der Waals surface area contributed by atoms with Gasteiger partial charge in [-0.05, 0) is 68.8 Å². The fourth-order valence-electron chi connectivity index (χ4n) is 3.03. The number of hydrogen-bond donors (Lipinski definition) is 1. The molecule has 0 spiro atoms. The van der Waals surface area contributed by atoms with E-state index in [9.17, 15) is 14.0 Å². The summed E-state index contributed by atoms with van der Waals surface area (Å²) in [5, 5.41) is 7.28. The fraction of sp³-hybridized carbons (Fsp3) is 0.174. The summed E-state index contributed by atoms with van der Waals surface area (Å²) in [6.45, 7) is 5.62. The van der Waals surface area contributed by atoms with Crippen molar-refractivity contribution in [3.05, 3.63) is 82.9 Å². The monoisotopic (exact) mass is 407 g/mol. The third-order valence-corrected chi connectivity index (χ3v) is 4.46. The van der Waals surface area contributed by atoms with Crippen LogP contribution in [0.3, 0.4) is 0 Å². The largest absolute Gasteiger partial charge is 0.463 e. The molecule has 0 saturated heterocycles. The second-order valence-electron chi connectivity index (χ2n) is 6.60. The van der Waals surface area contributed by atoms with Crippen LogP contribution < -0.4 is 5.32 Å². The molecule has 0 radical (unpaired) electrons. The number of nitrogens with one attached hydrogen (secondary N) is 1. The number of nitrogens with zero attached hydrogens (tertiary/aromatic N) is 2. The molecule has 0 bridgehead atoms. The molecular formula is C23H22FN3O3. The highest BCUT2D eigenvalue weighted by atomic mass is 19.1. The van der Waals surface area contributed by atoms with Crippen LogP contribution in [0.25, 0.3) is 11.8 Å². The predicted molar refractivity (Wildman–Crippen MR) is 113 cm³/mol. The minimum atomic E-state index is -0.404. The number of rotatable bonds is 6. The number of amides is 1. The number of hydrogen-bond acceptors (Lipinski definition) is 4. The van der Waals surface area contributed by atoms with E-state index in [1.54, 1.807) is 67.9 Å².